The predicted octanol–water partition coefficient (Wildman–Crippen LogP) is 0.960. The molecule has 2 N–H and O–H groups in total. The molecule has 1 fully saturated rings. The van der Waals surface area contributed by atoms with Gasteiger partial charge < -0.3 is 5.73 Å². The summed E-state index contributed by atoms with van der Waals surface area (Å²) in [5.74, 6) is 0.0394. The summed E-state index contributed by atoms with van der Waals surface area (Å²) in [6.45, 7) is 0.938. The standard InChI is InChI=1S/C12H16N2O/c1-14-8-7-10(11(14)12(13)15)9-5-3-2-4-6-9/h2-6,10-11H,7-8H2,1H3,(H2,13,15)/t10-,11+/m1/s1. The largest absolute Gasteiger partial charge is 0.368 e. The third kappa shape index (κ3) is 1.88. The van der Waals surface area contributed by atoms with Crippen molar-refractivity contribution in [1.82, 2.24) is 4.90 Å². The van der Waals surface area contributed by atoms with Crippen molar-refractivity contribution in [3.05, 3.63) is 35.9 Å². The number of hydrogen-bond donors (Lipinski definition) is 1. The first-order chi connectivity index (χ1) is 7.20. The van der Waals surface area contributed by atoms with Gasteiger partial charge in [0.15, 0.2) is 0 Å². The van der Waals surface area contributed by atoms with Gasteiger partial charge in [-0.15, -0.1) is 0 Å². The van der Waals surface area contributed by atoms with Crippen molar-refractivity contribution >= 4 is 5.91 Å². The van der Waals surface area contributed by atoms with E-state index in [1.807, 2.05) is 30.1 Å². The SMILES string of the molecule is CN1CC[C@H](c2ccccc2)[C@H]1C(N)=O. The fourth-order valence-electron chi connectivity index (χ4n) is 2.41. The molecule has 1 saturated heterocycles. The van der Waals surface area contributed by atoms with E-state index >= 15 is 0 Å². The molecule has 0 unspecified atom stereocenters. The van der Waals surface area contributed by atoms with Gasteiger partial charge in [-0.3, -0.25) is 9.69 Å². The molecule has 15 heavy (non-hydrogen) atoms. The Hall–Kier alpha value is -1.35. The molecule has 1 aliphatic heterocycles. The van der Waals surface area contributed by atoms with Gasteiger partial charge >= 0.3 is 0 Å². The Balaban J connectivity index is 2.26. The van der Waals surface area contributed by atoms with Crippen LogP contribution in [0.15, 0.2) is 30.3 Å². The molecule has 0 saturated carbocycles. The highest BCUT2D eigenvalue weighted by atomic mass is 16.1. The van der Waals surface area contributed by atoms with E-state index in [4.69, 9.17) is 5.73 Å². The quantitative estimate of drug-likeness (QED) is 0.780. The number of primary amides is 1. The number of likely N-dealkylation sites (N-methyl/N-ethyl adjacent to an activating group) is 1. The molecule has 0 bridgehead atoms. The maximum atomic E-state index is 11.4. The maximum absolute atomic E-state index is 11.4. The van der Waals surface area contributed by atoms with Gasteiger partial charge in [-0.25, -0.2) is 0 Å². The summed E-state index contributed by atoms with van der Waals surface area (Å²) >= 11 is 0. The Labute approximate surface area is 89.9 Å². The molecule has 80 valence electrons. The van der Waals surface area contributed by atoms with Crippen molar-refractivity contribution in [3.8, 4) is 0 Å². The van der Waals surface area contributed by atoms with E-state index in [1.54, 1.807) is 0 Å². The zero-order valence-corrected chi connectivity index (χ0v) is 8.89. The first kappa shape index (κ1) is 10.2. The average Bonchev–Trinajstić information content (AvgIpc) is 2.61. The summed E-state index contributed by atoms with van der Waals surface area (Å²) < 4.78 is 0. The topological polar surface area (TPSA) is 46.3 Å². The Bertz CT molecular complexity index is 350. The van der Waals surface area contributed by atoms with Crippen LogP contribution in [0, 0.1) is 0 Å². The van der Waals surface area contributed by atoms with Gasteiger partial charge in [-0.2, -0.15) is 0 Å². The number of amides is 1. The lowest BCUT2D eigenvalue weighted by Gasteiger charge is -2.21. The van der Waals surface area contributed by atoms with E-state index in [9.17, 15) is 4.79 Å². The minimum atomic E-state index is -0.219. The van der Waals surface area contributed by atoms with Crippen LogP contribution in [0.4, 0.5) is 0 Å². The lowest BCUT2D eigenvalue weighted by atomic mass is 9.91. The third-order valence-corrected chi connectivity index (χ3v) is 3.17. The highest BCUT2D eigenvalue weighted by Gasteiger charge is 2.36. The van der Waals surface area contributed by atoms with Crippen LogP contribution in [-0.2, 0) is 4.79 Å². The van der Waals surface area contributed by atoms with Crippen LogP contribution in [0.3, 0.4) is 0 Å². The molecule has 1 aromatic carbocycles. The van der Waals surface area contributed by atoms with Crippen molar-refractivity contribution in [2.45, 2.75) is 18.4 Å². The molecule has 0 aliphatic carbocycles. The smallest absolute Gasteiger partial charge is 0.235 e. The van der Waals surface area contributed by atoms with Crippen LogP contribution in [0.5, 0.6) is 0 Å². The molecule has 3 heteroatoms. The highest BCUT2D eigenvalue weighted by molar-refractivity contribution is 5.81. The van der Waals surface area contributed by atoms with Gasteiger partial charge in [0, 0.05) is 5.92 Å². The minimum absolute atomic E-state index is 0.146. The number of likely N-dealkylation sites (tertiary alicyclic amines) is 1. The second kappa shape index (κ2) is 4.03. The van der Waals surface area contributed by atoms with Crippen LogP contribution < -0.4 is 5.73 Å². The Morgan fingerprint density at radius 1 is 1.40 bits per heavy atom. The van der Waals surface area contributed by atoms with Crippen molar-refractivity contribution < 1.29 is 4.79 Å². The predicted molar refractivity (Wildman–Crippen MR) is 59.4 cm³/mol. The Morgan fingerprint density at radius 2 is 2.07 bits per heavy atom. The second-order valence-corrected chi connectivity index (χ2v) is 4.13. The highest BCUT2D eigenvalue weighted by Crippen LogP contribution is 2.31. The van der Waals surface area contributed by atoms with Crippen LogP contribution in [0.2, 0.25) is 0 Å². The molecule has 0 radical (unpaired) electrons. The third-order valence-electron chi connectivity index (χ3n) is 3.17. The zero-order valence-electron chi connectivity index (χ0n) is 8.89. The minimum Gasteiger partial charge on any atom is -0.368 e. The Morgan fingerprint density at radius 3 is 2.67 bits per heavy atom. The zero-order chi connectivity index (χ0) is 10.8. The van der Waals surface area contributed by atoms with Crippen molar-refractivity contribution in [2.75, 3.05) is 13.6 Å². The summed E-state index contributed by atoms with van der Waals surface area (Å²) in [4.78, 5) is 13.4. The van der Waals surface area contributed by atoms with E-state index in [2.05, 4.69) is 12.1 Å². The molecular weight excluding hydrogens is 188 g/mol. The first-order valence-corrected chi connectivity index (χ1v) is 5.24. The summed E-state index contributed by atoms with van der Waals surface area (Å²) in [5.41, 5.74) is 6.65. The number of hydrogen-bond acceptors (Lipinski definition) is 2. The molecule has 0 aromatic heterocycles. The molecule has 0 spiro atoms. The Kier molecular flexibility index (Phi) is 2.73. The van der Waals surface area contributed by atoms with Crippen LogP contribution in [0.25, 0.3) is 0 Å². The lowest BCUT2D eigenvalue weighted by molar-refractivity contribution is -0.122. The molecule has 1 aromatic rings. The van der Waals surface area contributed by atoms with Crippen LogP contribution in [-0.4, -0.2) is 30.4 Å². The molecule has 1 heterocycles. The molecule has 3 nitrogen and oxygen atoms in total. The normalized spacial score (nSPS) is 26.7. The van der Waals surface area contributed by atoms with E-state index in [0.717, 1.165) is 13.0 Å². The van der Waals surface area contributed by atoms with E-state index < -0.39 is 0 Å². The number of nitrogens with zero attached hydrogens (tertiary/aromatic N) is 1. The van der Waals surface area contributed by atoms with Crippen molar-refractivity contribution in [3.63, 3.8) is 0 Å². The molecular formula is C12H16N2O. The lowest BCUT2D eigenvalue weighted by Crippen LogP contribution is -2.40. The second-order valence-electron chi connectivity index (χ2n) is 4.13. The first-order valence-electron chi connectivity index (χ1n) is 5.24. The summed E-state index contributed by atoms with van der Waals surface area (Å²) in [6, 6.07) is 9.99. The number of benzene rings is 1. The average molecular weight is 204 g/mol. The fraction of sp³-hybridized carbons (Fsp3) is 0.417. The number of rotatable bonds is 2. The molecule has 1 aliphatic rings. The summed E-state index contributed by atoms with van der Waals surface area (Å²) in [7, 11) is 1.96. The van der Waals surface area contributed by atoms with Gasteiger partial charge in [0.05, 0.1) is 6.04 Å². The van der Waals surface area contributed by atoms with E-state index in [0.29, 0.717) is 0 Å². The van der Waals surface area contributed by atoms with E-state index in [-0.39, 0.29) is 17.9 Å². The molecule has 1 amide bonds. The monoisotopic (exact) mass is 204 g/mol. The number of nitrogens with two attached hydrogens (primary N) is 1. The summed E-state index contributed by atoms with van der Waals surface area (Å²) in [6.07, 6.45) is 1.01. The molecule has 2 rings (SSSR count). The van der Waals surface area contributed by atoms with Crippen molar-refractivity contribution in [1.29, 1.82) is 0 Å². The van der Waals surface area contributed by atoms with Gasteiger partial charge in [0.2, 0.25) is 5.91 Å². The number of carbonyl (C=O) groups is 1. The van der Waals surface area contributed by atoms with Crippen LogP contribution >= 0.6 is 0 Å². The van der Waals surface area contributed by atoms with Gasteiger partial charge in [-0.05, 0) is 25.6 Å². The summed E-state index contributed by atoms with van der Waals surface area (Å²) in [5, 5.41) is 0. The maximum Gasteiger partial charge on any atom is 0.235 e. The molecule has 2 atom stereocenters. The number of carbonyl (C=O) groups excluding carboxylic acids is 1. The van der Waals surface area contributed by atoms with Gasteiger partial charge in [0.25, 0.3) is 0 Å². The van der Waals surface area contributed by atoms with Crippen LogP contribution in [0.1, 0.15) is 17.9 Å². The van der Waals surface area contributed by atoms with E-state index in [1.165, 1.54) is 5.56 Å². The van der Waals surface area contributed by atoms with Gasteiger partial charge in [-0.1, -0.05) is 30.3 Å². The fourth-order valence-corrected chi connectivity index (χ4v) is 2.41. The van der Waals surface area contributed by atoms with Crippen molar-refractivity contribution in [2.24, 2.45) is 5.73 Å². The van der Waals surface area contributed by atoms with Gasteiger partial charge in [0.1, 0.15) is 0 Å².